The van der Waals surface area contributed by atoms with E-state index in [1.54, 1.807) is 12.1 Å². The van der Waals surface area contributed by atoms with E-state index in [2.05, 4.69) is 19.2 Å². The molecule has 0 heterocycles. The molecule has 0 saturated heterocycles. The van der Waals surface area contributed by atoms with Crippen molar-refractivity contribution in [2.24, 2.45) is 5.41 Å². The quantitative estimate of drug-likeness (QED) is 0.805. The van der Waals surface area contributed by atoms with E-state index < -0.39 is 0 Å². The molecule has 2 heteroatoms. The molecule has 0 bridgehead atoms. The van der Waals surface area contributed by atoms with E-state index in [-0.39, 0.29) is 5.82 Å². The third-order valence-electron chi connectivity index (χ3n) is 3.84. The molecule has 0 aromatic heterocycles. The first-order chi connectivity index (χ1) is 7.60. The highest BCUT2D eigenvalue weighted by Crippen LogP contribution is 2.47. The summed E-state index contributed by atoms with van der Waals surface area (Å²) in [6.07, 6.45) is 3.57. The monoisotopic (exact) mass is 221 g/mol. The van der Waals surface area contributed by atoms with Crippen LogP contribution in [0.2, 0.25) is 0 Å². The molecule has 1 unspecified atom stereocenters. The molecule has 88 valence electrons. The van der Waals surface area contributed by atoms with Crippen molar-refractivity contribution in [1.29, 1.82) is 0 Å². The van der Waals surface area contributed by atoms with Crippen LogP contribution in [0.4, 0.5) is 4.39 Å². The Morgan fingerprint density at radius 3 is 2.81 bits per heavy atom. The summed E-state index contributed by atoms with van der Waals surface area (Å²) in [5.74, 6) is -0.139. The van der Waals surface area contributed by atoms with Gasteiger partial charge in [-0.3, -0.25) is 0 Å². The Balaban J connectivity index is 1.75. The van der Waals surface area contributed by atoms with Crippen LogP contribution < -0.4 is 5.32 Å². The third-order valence-corrected chi connectivity index (χ3v) is 3.84. The summed E-state index contributed by atoms with van der Waals surface area (Å²) < 4.78 is 12.9. The van der Waals surface area contributed by atoms with Gasteiger partial charge < -0.3 is 5.32 Å². The number of rotatable bonds is 5. The molecule has 1 aromatic carbocycles. The molecule has 1 fully saturated rings. The normalized spacial score (nSPS) is 19.4. The zero-order valence-corrected chi connectivity index (χ0v) is 10.1. The maximum Gasteiger partial charge on any atom is 0.123 e. The second-order valence-corrected chi connectivity index (χ2v) is 5.21. The minimum Gasteiger partial charge on any atom is -0.313 e. The van der Waals surface area contributed by atoms with Gasteiger partial charge in [-0.1, -0.05) is 19.1 Å². The maximum absolute atomic E-state index is 12.9. The van der Waals surface area contributed by atoms with Gasteiger partial charge in [0.05, 0.1) is 0 Å². The van der Waals surface area contributed by atoms with Crippen molar-refractivity contribution in [3.8, 4) is 0 Å². The summed E-state index contributed by atoms with van der Waals surface area (Å²) in [6.45, 7) is 5.51. The topological polar surface area (TPSA) is 12.0 Å². The van der Waals surface area contributed by atoms with Gasteiger partial charge in [-0.25, -0.2) is 4.39 Å². The van der Waals surface area contributed by atoms with E-state index in [4.69, 9.17) is 0 Å². The fourth-order valence-electron chi connectivity index (χ4n) is 2.00. The predicted molar refractivity (Wildman–Crippen MR) is 64.9 cm³/mol. The van der Waals surface area contributed by atoms with Gasteiger partial charge in [-0.2, -0.15) is 0 Å². The molecule has 1 saturated carbocycles. The molecule has 0 spiro atoms. The number of halogens is 1. The third kappa shape index (κ3) is 2.82. The van der Waals surface area contributed by atoms with Crippen molar-refractivity contribution in [3.05, 3.63) is 35.6 Å². The summed E-state index contributed by atoms with van der Waals surface area (Å²) >= 11 is 0. The van der Waals surface area contributed by atoms with E-state index in [1.165, 1.54) is 18.9 Å². The van der Waals surface area contributed by atoms with Crippen LogP contribution >= 0.6 is 0 Å². The van der Waals surface area contributed by atoms with Crippen LogP contribution in [0, 0.1) is 11.2 Å². The van der Waals surface area contributed by atoms with E-state index in [0.29, 0.717) is 11.5 Å². The van der Waals surface area contributed by atoms with Gasteiger partial charge in [-0.15, -0.1) is 0 Å². The Morgan fingerprint density at radius 1 is 1.44 bits per heavy atom. The Hall–Kier alpha value is -0.890. The van der Waals surface area contributed by atoms with Crippen molar-refractivity contribution in [3.63, 3.8) is 0 Å². The molecule has 2 rings (SSSR count). The summed E-state index contributed by atoms with van der Waals surface area (Å²) in [5.41, 5.74) is 1.59. The number of nitrogens with one attached hydrogen (secondary N) is 1. The van der Waals surface area contributed by atoms with Crippen molar-refractivity contribution in [1.82, 2.24) is 5.32 Å². The van der Waals surface area contributed by atoms with Crippen LogP contribution in [-0.4, -0.2) is 12.6 Å². The zero-order chi connectivity index (χ0) is 11.6. The predicted octanol–water partition coefficient (Wildman–Crippen LogP) is 3.15. The van der Waals surface area contributed by atoms with Gasteiger partial charge in [0.15, 0.2) is 0 Å². The molecule has 1 aliphatic rings. The molecule has 0 aliphatic heterocycles. The highest BCUT2D eigenvalue weighted by Gasteiger charge is 2.41. The van der Waals surface area contributed by atoms with Crippen molar-refractivity contribution >= 4 is 0 Å². The summed E-state index contributed by atoms with van der Waals surface area (Å²) in [7, 11) is 0. The van der Waals surface area contributed by atoms with E-state index >= 15 is 0 Å². The van der Waals surface area contributed by atoms with Crippen molar-refractivity contribution in [2.45, 2.75) is 39.2 Å². The lowest BCUT2D eigenvalue weighted by Crippen LogP contribution is -2.34. The van der Waals surface area contributed by atoms with Gasteiger partial charge in [0.25, 0.3) is 0 Å². The molecular formula is C14H20FN. The van der Waals surface area contributed by atoms with E-state index in [9.17, 15) is 4.39 Å². The average molecular weight is 221 g/mol. The highest BCUT2D eigenvalue weighted by atomic mass is 19.1. The molecular weight excluding hydrogens is 201 g/mol. The van der Waals surface area contributed by atoms with Gasteiger partial charge in [0, 0.05) is 6.04 Å². The largest absolute Gasteiger partial charge is 0.313 e. The van der Waals surface area contributed by atoms with Gasteiger partial charge in [-0.05, 0) is 55.8 Å². The van der Waals surface area contributed by atoms with Crippen LogP contribution in [0.3, 0.4) is 0 Å². The molecule has 0 amide bonds. The van der Waals surface area contributed by atoms with Gasteiger partial charge in [0.2, 0.25) is 0 Å². The molecule has 1 aliphatic carbocycles. The Bertz CT molecular complexity index is 358. The average Bonchev–Trinajstić information content (AvgIpc) is 2.98. The van der Waals surface area contributed by atoms with Gasteiger partial charge >= 0.3 is 0 Å². The number of hydrogen-bond donors (Lipinski definition) is 1. The molecule has 1 nitrogen and oxygen atoms in total. The fourth-order valence-corrected chi connectivity index (χ4v) is 2.00. The first-order valence-corrected chi connectivity index (χ1v) is 6.08. The van der Waals surface area contributed by atoms with Crippen LogP contribution in [0.1, 0.15) is 32.3 Å². The molecule has 1 atom stereocenters. The highest BCUT2D eigenvalue weighted by molar-refractivity contribution is 5.16. The van der Waals surface area contributed by atoms with Crippen LogP contribution in [0.5, 0.6) is 0 Å². The summed E-state index contributed by atoms with van der Waals surface area (Å²) in [4.78, 5) is 0. The second kappa shape index (κ2) is 4.54. The van der Waals surface area contributed by atoms with Gasteiger partial charge in [0.1, 0.15) is 5.82 Å². The molecule has 16 heavy (non-hydrogen) atoms. The van der Waals surface area contributed by atoms with E-state index in [1.807, 2.05) is 6.07 Å². The summed E-state index contributed by atoms with van der Waals surface area (Å²) in [5, 5.41) is 3.53. The lowest BCUT2D eigenvalue weighted by Gasteiger charge is -2.20. The zero-order valence-electron chi connectivity index (χ0n) is 10.1. The minimum absolute atomic E-state index is 0.139. The second-order valence-electron chi connectivity index (χ2n) is 5.21. The lowest BCUT2D eigenvalue weighted by atomic mass is 10.0. The smallest absolute Gasteiger partial charge is 0.123 e. The number of benzene rings is 1. The number of hydrogen-bond acceptors (Lipinski definition) is 1. The van der Waals surface area contributed by atoms with Crippen LogP contribution in [0.25, 0.3) is 0 Å². The standard InChI is InChI=1S/C14H20FN/c1-11(14(2)7-8-14)16-9-6-12-4-3-5-13(15)10-12/h3-5,10-11,16H,6-9H2,1-2H3. The minimum atomic E-state index is -0.139. The first kappa shape index (κ1) is 11.6. The van der Waals surface area contributed by atoms with Crippen LogP contribution in [-0.2, 0) is 6.42 Å². The van der Waals surface area contributed by atoms with E-state index in [0.717, 1.165) is 18.5 Å². The Kier molecular flexibility index (Phi) is 3.29. The maximum atomic E-state index is 12.9. The van der Waals surface area contributed by atoms with Crippen LogP contribution in [0.15, 0.2) is 24.3 Å². The Labute approximate surface area is 97.1 Å². The first-order valence-electron chi connectivity index (χ1n) is 6.08. The molecule has 1 N–H and O–H groups in total. The van der Waals surface area contributed by atoms with Crippen molar-refractivity contribution in [2.75, 3.05) is 6.54 Å². The molecule has 1 aromatic rings. The van der Waals surface area contributed by atoms with Crippen molar-refractivity contribution < 1.29 is 4.39 Å². The molecule has 0 radical (unpaired) electrons. The Morgan fingerprint density at radius 2 is 2.19 bits per heavy atom. The summed E-state index contributed by atoms with van der Waals surface area (Å²) in [6, 6.07) is 7.43. The lowest BCUT2D eigenvalue weighted by molar-refractivity contribution is 0.383. The SMILES string of the molecule is CC(NCCc1cccc(F)c1)C1(C)CC1. The fraction of sp³-hybridized carbons (Fsp3) is 0.571.